The second-order valence-corrected chi connectivity index (χ2v) is 6.08. The zero-order chi connectivity index (χ0) is 17.5. The van der Waals surface area contributed by atoms with Gasteiger partial charge in [-0.2, -0.15) is 5.10 Å². The van der Waals surface area contributed by atoms with Gasteiger partial charge in [-0.05, 0) is 30.5 Å². The van der Waals surface area contributed by atoms with E-state index >= 15 is 0 Å². The maximum Gasteiger partial charge on any atom is 0.253 e. The molecule has 0 atom stereocenters. The van der Waals surface area contributed by atoms with E-state index in [0.29, 0.717) is 31.5 Å². The smallest absolute Gasteiger partial charge is 0.253 e. The van der Waals surface area contributed by atoms with E-state index in [1.54, 1.807) is 6.21 Å². The lowest BCUT2D eigenvalue weighted by molar-refractivity contribution is -0.126. The lowest BCUT2D eigenvalue weighted by Gasteiger charge is -2.31. The summed E-state index contributed by atoms with van der Waals surface area (Å²) in [5, 5.41) is 4.01. The Bertz CT molecular complexity index is 736. The Hall–Kier alpha value is -2.95. The third-order valence-electron chi connectivity index (χ3n) is 4.36. The van der Waals surface area contributed by atoms with Crippen molar-refractivity contribution >= 4 is 18.0 Å². The van der Waals surface area contributed by atoms with Crippen LogP contribution >= 0.6 is 0 Å². The van der Waals surface area contributed by atoms with Crippen LogP contribution in [-0.2, 0) is 4.79 Å². The Morgan fingerprint density at radius 3 is 2.20 bits per heavy atom. The van der Waals surface area contributed by atoms with Crippen molar-refractivity contribution in [3.05, 3.63) is 71.8 Å². The number of benzene rings is 2. The number of likely N-dealkylation sites (tertiary alicyclic amines) is 1. The van der Waals surface area contributed by atoms with Gasteiger partial charge in [0.15, 0.2) is 0 Å². The minimum Gasteiger partial charge on any atom is -0.339 e. The van der Waals surface area contributed by atoms with Gasteiger partial charge in [-0.15, -0.1) is 0 Å². The van der Waals surface area contributed by atoms with Crippen LogP contribution in [0, 0.1) is 5.92 Å². The van der Waals surface area contributed by atoms with Crippen LogP contribution in [0.5, 0.6) is 0 Å². The topological polar surface area (TPSA) is 61.8 Å². The minimum atomic E-state index is -0.104. The van der Waals surface area contributed by atoms with Gasteiger partial charge in [0.1, 0.15) is 0 Å². The second kappa shape index (κ2) is 8.24. The highest BCUT2D eigenvalue weighted by atomic mass is 16.2. The SMILES string of the molecule is O=C(N/N=C\c1ccccc1)C1CCN(C(=O)c2ccccc2)CC1. The largest absolute Gasteiger partial charge is 0.339 e. The predicted molar refractivity (Wildman–Crippen MR) is 97.2 cm³/mol. The van der Waals surface area contributed by atoms with Crippen molar-refractivity contribution in [3.63, 3.8) is 0 Å². The molecule has 2 amide bonds. The fourth-order valence-corrected chi connectivity index (χ4v) is 2.91. The van der Waals surface area contributed by atoms with Gasteiger partial charge in [0.05, 0.1) is 6.21 Å². The summed E-state index contributed by atoms with van der Waals surface area (Å²) in [6, 6.07) is 18.9. The van der Waals surface area contributed by atoms with E-state index in [1.807, 2.05) is 65.6 Å². The summed E-state index contributed by atoms with van der Waals surface area (Å²) < 4.78 is 0. The molecule has 1 saturated heterocycles. The Morgan fingerprint density at radius 1 is 0.960 bits per heavy atom. The molecule has 1 N–H and O–H groups in total. The molecule has 128 valence electrons. The number of nitrogens with one attached hydrogen (secondary N) is 1. The van der Waals surface area contributed by atoms with Gasteiger partial charge in [0, 0.05) is 24.6 Å². The maximum absolute atomic E-state index is 12.4. The summed E-state index contributed by atoms with van der Waals surface area (Å²) >= 11 is 0. The van der Waals surface area contributed by atoms with Crippen molar-refractivity contribution < 1.29 is 9.59 Å². The molecule has 2 aromatic rings. The molecule has 5 heteroatoms. The molecule has 1 aliphatic rings. The molecule has 2 aromatic carbocycles. The lowest BCUT2D eigenvalue weighted by atomic mass is 9.95. The van der Waals surface area contributed by atoms with E-state index in [1.165, 1.54) is 0 Å². The molecule has 0 aliphatic carbocycles. The zero-order valence-electron chi connectivity index (χ0n) is 14.0. The van der Waals surface area contributed by atoms with Crippen molar-refractivity contribution in [3.8, 4) is 0 Å². The van der Waals surface area contributed by atoms with E-state index in [4.69, 9.17) is 0 Å². The molecular formula is C20H21N3O2. The highest BCUT2D eigenvalue weighted by Crippen LogP contribution is 2.19. The van der Waals surface area contributed by atoms with Gasteiger partial charge >= 0.3 is 0 Å². The Kier molecular flexibility index (Phi) is 5.57. The first-order valence-electron chi connectivity index (χ1n) is 8.46. The number of hydrogen-bond acceptors (Lipinski definition) is 3. The zero-order valence-corrected chi connectivity index (χ0v) is 14.0. The molecule has 1 fully saturated rings. The second-order valence-electron chi connectivity index (χ2n) is 6.08. The number of carbonyl (C=O) groups is 2. The highest BCUT2D eigenvalue weighted by Gasteiger charge is 2.27. The first-order chi connectivity index (χ1) is 12.2. The lowest BCUT2D eigenvalue weighted by Crippen LogP contribution is -2.42. The van der Waals surface area contributed by atoms with Crippen LogP contribution in [0.3, 0.4) is 0 Å². The summed E-state index contributed by atoms with van der Waals surface area (Å²) in [6.07, 6.45) is 2.95. The number of amides is 2. The van der Waals surface area contributed by atoms with Gasteiger partial charge in [-0.25, -0.2) is 5.43 Å². The van der Waals surface area contributed by atoms with Crippen LogP contribution in [-0.4, -0.2) is 36.0 Å². The van der Waals surface area contributed by atoms with Gasteiger partial charge in [-0.1, -0.05) is 48.5 Å². The van der Waals surface area contributed by atoms with Crippen LogP contribution in [0.1, 0.15) is 28.8 Å². The van der Waals surface area contributed by atoms with Gasteiger partial charge in [-0.3, -0.25) is 9.59 Å². The first-order valence-corrected chi connectivity index (χ1v) is 8.46. The highest BCUT2D eigenvalue weighted by molar-refractivity contribution is 5.94. The normalized spacial score (nSPS) is 15.3. The molecule has 0 saturated carbocycles. The third-order valence-corrected chi connectivity index (χ3v) is 4.36. The fraction of sp³-hybridized carbons (Fsp3) is 0.250. The Balaban J connectivity index is 1.48. The van der Waals surface area contributed by atoms with Crippen molar-refractivity contribution in [1.82, 2.24) is 10.3 Å². The molecular weight excluding hydrogens is 314 g/mol. The van der Waals surface area contributed by atoms with Crippen molar-refractivity contribution in [1.29, 1.82) is 0 Å². The first kappa shape index (κ1) is 16.9. The van der Waals surface area contributed by atoms with Crippen molar-refractivity contribution in [2.75, 3.05) is 13.1 Å². The monoisotopic (exact) mass is 335 g/mol. The minimum absolute atomic E-state index is 0.0292. The molecule has 0 unspecified atom stereocenters. The molecule has 0 aromatic heterocycles. The molecule has 25 heavy (non-hydrogen) atoms. The molecule has 5 nitrogen and oxygen atoms in total. The number of piperidine rings is 1. The third kappa shape index (κ3) is 4.53. The molecule has 0 radical (unpaired) electrons. The summed E-state index contributed by atoms with van der Waals surface area (Å²) in [5.41, 5.74) is 4.23. The number of rotatable bonds is 4. The summed E-state index contributed by atoms with van der Waals surface area (Å²) in [5.74, 6) is -0.159. The van der Waals surface area contributed by atoms with Crippen LogP contribution < -0.4 is 5.43 Å². The predicted octanol–water partition coefficient (Wildman–Crippen LogP) is 2.69. The van der Waals surface area contributed by atoms with E-state index in [0.717, 1.165) is 5.56 Å². The van der Waals surface area contributed by atoms with Crippen molar-refractivity contribution in [2.45, 2.75) is 12.8 Å². The fourth-order valence-electron chi connectivity index (χ4n) is 2.91. The molecule has 0 spiro atoms. The van der Waals surface area contributed by atoms with E-state index in [9.17, 15) is 9.59 Å². The Morgan fingerprint density at radius 2 is 1.56 bits per heavy atom. The molecule has 1 heterocycles. The molecule has 0 bridgehead atoms. The van der Waals surface area contributed by atoms with Crippen LogP contribution in [0.2, 0.25) is 0 Å². The summed E-state index contributed by atoms with van der Waals surface area (Å²) in [6.45, 7) is 1.18. The molecule has 3 rings (SSSR count). The van der Waals surface area contributed by atoms with Crippen LogP contribution in [0.4, 0.5) is 0 Å². The van der Waals surface area contributed by atoms with E-state index in [2.05, 4.69) is 10.5 Å². The van der Waals surface area contributed by atoms with Crippen LogP contribution in [0.25, 0.3) is 0 Å². The van der Waals surface area contributed by atoms with E-state index in [-0.39, 0.29) is 17.7 Å². The van der Waals surface area contributed by atoms with Gasteiger partial charge in [0.2, 0.25) is 5.91 Å². The standard InChI is InChI=1S/C20H21N3O2/c24-19(22-21-15-16-7-3-1-4-8-16)17-11-13-23(14-12-17)20(25)18-9-5-2-6-10-18/h1-10,15,17H,11-14H2,(H,22,24)/b21-15-. The average molecular weight is 335 g/mol. The van der Waals surface area contributed by atoms with Gasteiger partial charge in [0.25, 0.3) is 5.91 Å². The number of nitrogens with zero attached hydrogens (tertiary/aromatic N) is 2. The number of carbonyl (C=O) groups excluding carboxylic acids is 2. The maximum atomic E-state index is 12.4. The quantitative estimate of drug-likeness (QED) is 0.690. The number of hydrogen-bond donors (Lipinski definition) is 1. The summed E-state index contributed by atoms with van der Waals surface area (Å²) in [4.78, 5) is 26.4. The number of hydrazone groups is 1. The van der Waals surface area contributed by atoms with Gasteiger partial charge < -0.3 is 4.90 Å². The van der Waals surface area contributed by atoms with Crippen molar-refractivity contribution in [2.24, 2.45) is 11.0 Å². The Labute approximate surface area is 147 Å². The van der Waals surface area contributed by atoms with Crippen LogP contribution in [0.15, 0.2) is 65.8 Å². The summed E-state index contributed by atoms with van der Waals surface area (Å²) in [7, 11) is 0. The van der Waals surface area contributed by atoms with E-state index < -0.39 is 0 Å². The molecule has 1 aliphatic heterocycles. The average Bonchev–Trinajstić information content (AvgIpc) is 2.69.